The minimum atomic E-state index is -0.506. The molecule has 2 fully saturated rings. The van der Waals surface area contributed by atoms with Gasteiger partial charge in [-0.2, -0.15) is 0 Å². The molecule has 0 heterocycles. The van der Waals surface area contributed by atoms with Gasteiger partial charge in [-0.15, -0.1) is 0 Å². The lowest BCUT2D eigenvalue weighted by atomic mass is 9.48. The molecule has 0 spiro atoms. The minimum Gasteiger partial charge on any atom is -0.458 e. The van der Waals surface area contributed by atoms with Gasteiger partial charge in [0.2, 0.25) is 0 Å². The standard InChI is InChI=1S/C21H28O4/c1-12(22)25-14-6-8-20(2)13(10-14)11-17(23)19-15-4-5-18(24)21(15,3)9-7-16(19)20/h6,8,11,14-17,19,23H,4-5,7,9-10H2,1-3H3/t14?,15-,16+,17?,19-,20-,21-/m0/s1. The number of aliphatic hydroxyl groups excluding tert-OH is 1. The zero-order chi connectivity index (χ0) is 18.0. The molecule has 4 rings (SSSR count). The Hall–Kier alpha value is -1.42. The molecule has 136 valence electrons. The third-order valence-electron chi connectivity index (χ3n) is 7.67. The quantitative estimate of drug-likeness (QED) is 0.586. The van der Waals surface area contributed by atoms with E-state index in [4.69, 9.17) is 4.74 Å². The summed E-state index contributed by atoms with van der Waals surface area (Å²) in [6.07, 6.45) is 9.59. The summed E-state index contributed by atoms with van der Waals surface area (Å²) in [4.78, 5) is 23.7. The van der Waals surface area contributed by atoms with E-state index in [0.717, 1.165) is 19.3 Å². The number of carbonyl (C=O) groups excluding carboxylic acids is 2. The van der Waals surface area contributed by atoms with E-state index in [1.54, 1.807) is 0 Å². The van der Waals surface area contributed by atoms with Gasteiger partial charge in [0.1, 0.15) is 11.9 Å². The van der Waals surface area contributed by atoms with Crippen LogP contribution in [0.15, 0.2) is 23.8 Å². The fourth-order valence-electron chi connectivity index (χ4n) is 6.28. The molecule has 0 bridgehead atoms. The molecule has 4 nitrogen and oxygen atoms in total. The Bertz CT molecular complexity index is 677. The van der Waals surface area contributed by atoms with E-state index in [1.165, 1.54) is 12.5 Å². The molecule has 1 N–H and O–H groups in total. The van der Waals surface area contributed by atoms with Gasteiger partial charge in [-0.05, 0) is 43.1 Å². The molecule has 4 heteroatoms. The highest BCUT2D eigenvalue weighted by Gasteiger charge is 2.60. The predicted molar refractivity (Wildman–Crippen MR) is 93.6 cm³/mol. The number of hydrogen-bond donors (Lipinski definition) is 1. The number of esters is 1. The lowest BCUT2D eigenvalue weighted by Gasteiger charge is -2.56. The van der Waals surface area contributed by atoms with E-state index in [9.17, 15) is 14.7 Å². The average molecular weight is 344 g/mol. The predicted octanol–water partition coefficient (Wildman–Crippen LogP) is 3.20. The number of Topliss-reactive ketones (excluding diaryl/α,β-unsaturated/α-hetero) is 1. The van der Waals surface area contributed by atoms with Gasteiger partial charge >= 0.3 is 5.97 Å². The van der Waals surface area contributed by atoms with Crippen LogP contribution in [0, 0.1) is 28.6 Å². The Morgan fingerprint density at radius 1 is 1.28 bits per heavy atom. The van der Waals surface area contributed by atoms with Gasteiger partial charge in [-0.25, -0.2) is 0 Å². The van der Waals surface area contributed by atoms with E-state index >= 15 is 0 Å². The maximum atomic E-state index is 12.5. The lowest BCUT2D eigenvalue weighted by molar-refractivity contribution is -0.144. The third-order valence-corrected chi connectivity index (χ3v) is 7.67. The summed E-state index contributed by atoms with van der Waals surface area (Å²) in [5.41, 5.74) is 0.832. The normalized spacial score (nSPS) is 48.2. The van der Waals surface area contributed by atoms with Crippen LogP contribution in [0.1, 0.15) is 52.9 Å². The van der Waals surface area contributed by atoms with E-state index in [1.807, 2.05) is 12.2 Å². The molecule has 0 saturated heterocycles. The minimum absolute atomic E-state index is 0.104. The molecular weight excluding hydrogens is 316 g/mol. The number of ketones is 1. The third kappa shape index (κ3) is 2.37. The second kappa shape index (κ2) is 5.54. The highest BCUT2D eigenvalue weighted by atomic mass is 16.5. The molecule has 0 aromatic carbocycles. The molecule has 4 aliphatic rings. The van der Waals surface area contributed by atoms with Crippen molar-refractivity contribution in [1.82, 2.24) is 0 Å². The Balaban J connectivity index is 1.69. The first-order chi connectivity index (χ1) is 11.8. The van der Waals surface area contributed by atoms with Crippen LogP contribution in [0.2, 0.25) is 0 Å². The Kier molecular flexibility index (Phi) is 3.77. The highest BCUT2D eigenvalue weighted by Crippen LogP contribution is 2.63. The van der Waals surface area contributed by atoms with E-state index in [0.29, 0.717) is 24.5 Å². The maximum Gasteiger partial charge on any atom is 0.303 e. The molecule has 0 aromatic rings. The van der Waals surface area contributed by atoms with Crippen LogP contribution in [0.4, 0.5) is 0 Å². The summed E-state index contributed by atoms with van der Waals surface area (Å²) in [6, 6.07) is 0. The SMILES string of the molecule is CC(=O)OC1C=C[C@@]2(C)C(=CC(O)[C@@H]3[C@H]2CC[C@]2(C)C(=O)CC[C@@H]32)C1. The number of carbonyl (C=O) groups is 2. The van der Waals surface area contributed by atoms with Crippen molar-refractivity contribution >= 4 is 11.8 Å². The second-order valence-electron chi connectivity index (χ2n) is 8.88. The number of rotatable bonds is 1. The van der Waals surface area contributed by atoms with Gasteiger partial charge in [-0.3, -0.25) is 9.59 Å². The van der Waals surface area contributed by atoms with Crippen LogP contribution in [0.25, 0.3) is 0 Å². The van der Waals surface area contributed by atoms with Crippen molar-refractivity contribution < 1.29 is 19.4 Å². The zero-order valence-corrected chi connectivity index (χ0v) is 15.3. The van der Waals surface area contributed by atoms with Crippen molar-refractivity contribution in [3.05, 3.63) is 23.8 Å². The first kappa shape index (κ1) is 17.0. The fourth-order valence-corrected chi connectivity index (χ4v) is 6.28. The van der Waals surface area contributed by atoms with E-state index < -0.39 is 6.10 Å². The Morgan fingerprint density at radius 3 is 2.76 bits per heavy atom. The molecule has 25 heavy (non-hydrogen) atoms. The average Bonchev–Trinajstić information content (AvgIpc) is 2.84. The monoisotopic (exact) mass is 344 g/mol. The first-order valence-corrected chi connectivity index (χ1v) is 9.55. The van der Waals surface area contributed by atoms with Crippen molar-refractivity contribution in [2.24, 2.45) is 28.6 Å². The molecule has 2 unspecified atom stereocenters. The fraction of sp³-hybridized carbons (Fsp3) is 0.714. The van der Waals surface area contributed by atoms with Crippen LogP contribution in [0.3, 0.4) is 0 Å². The number of allylic oxidation sites excluding steroid dienone is 1. The first-order valence-electron chi connectivity index (χ1n) is 9.55. The topological polar surface area (TPSA) is 63.6 Å². The van der Waals surface area contributed by atoms with Crippen molar-refractivity contribution in [2.45, 2.75) is 65.1 Å². The van der Waals surface area contributed by atoms with E-state index in [2.05, 4.69) is 19.9 Å². The van der Waals surface area contributed by atoms with Crippen molar-refractivity contribution in [2.75, 3.05) is 0 Å². The highest BCUT2D eigenvalue weighted by molar-refractivity contribution is 5.87. The van der Waals surface area contributed by atoms with Gasteiger partial charge in [0.05, 0.1) is 6.10 Å². The van der Waals surface area contributed by atoms with Crippen LogP contribution in [0.5, 0.6) is 0 Å². The van der Waals surface area contributed by atoms with Crippen LogP contribution in [-0.2, 0) is 14.3 Å². The van der Waals surface area contributed by atoms with Crippen LogP contribution >= 0.6 is 0 Å². The smallest absolute Gasteiger partial charge is 0.303 e. The van der Waals surface area contributed by atoms with Crippen molar-refractivity contribution in [3.8, 4) is 0 Å². The van der Waals surface area contributed by atoms with Crippen LogP contribution in [-0.4, -0.2) is 29.1 Å². The van der Waals surface area contributed by atoms with Gasteiger partial charge in [0.15, 0.2) is 0 Å². The van der Waals surface area contributed by atoms with Gasteiger partial charge in [0.25, 0.3) is 0 Å². The van der Waals surface area contributed by atoms with Crippen molar-refractivity contribution in [3.63, 3.8) is 0 Å². The number of ether oxygens (including phenoxy) is 1. The molecule has 0 aromatic heterocycles. The number of aliphatic hydroxyl groups is 1. The van der Waals surface area contributed by atoms with Gasteiger partial charge in [0, 0.05) is 30.6 Å². The number of hydrogen-bond acceptors (Lipinski definition) is 4. The Morgan fingerprint density at radius 2 is 2.04 bits per heavy atom. The largest absolute Gasteiger partial charge is 0.458 e. The summed E-state index contributed by atoms with van der Waals surface area (Å²) < 4.78 is 5.36. The molecular formula is C21H28O4. The Labute approximate surface area is 149 Å². The summed E-state index contributed by atoms with van der Waals surface area (Å²) >= 11 is 0. The molecule has 0 amide bonds. The molecule has 7 atom stereocenters. The summed E-state index contributed by atoms with van der Waals surface area (Å²) in [5, 5.41) is 11.0. The summed E-state index contributed by atoms with van der Waals surface area (Å²) in [6.45, 7) is 5.80. The van der Waals surface area contributed by atoms with Gasteiger partial charge in [-0.1, -0.05) is 31.6 Å². The van der Waals surface area contributed by atoms with E-state index in [-0.39, 0.29) is 34.7 Å². The molecule has 2 saturated carbocycles. The van der Waals surface area contributed by atoms with Crippen molar-refractivity contribution in [1.29, 1.82) is 0 Å². The number of fused-ring (bicyclic) bond motifs is 5. The lowest BCUT2D eigenvalue weighted by Crippen LogP contribution is -2.53. The molecule has 4 aliphatic carbocycles. The van der Waals surface area contributed by atoms with Gasteiger partial charge < -0.3 is 9.84 Å². The summed E-state index contributed by atoms with van der Waals surface area (Å²) in [5.74, 6) is 0.890. The molecule has 0 radical (unpaired) electrons. The summed E-state index contributed by atoms with van der Waals surface area (Å²) in [7, 11) is 0. The van der Waals surface area contributed by atoms with Crippen LogP contribution < -0.4 is 0 Å². The second-order valence-corrected chi connectivity index (χ2v) is 8.88. The zero-order valence-electron chi connectivity index (χ0n) is 15.3. The maximum absolute atomic E-state index is 12.5. The molecule has 0 aliphatic heterocycles.